The minimum absolute atomic E-state index is 0.0541. The topological polar surface area (TPSA) is 43.4 Å². The van der Waals surface area contributed by atoms with Crippen LogP contribution in [-0.4, -0.2) is 17.9 Å². The summed E-state index contributed by atoms with van der Waals surface area (Å²) in [5.74, 6) is 3.42. The van der Waals surface area contributed by atoms with E-state index in [0.29, 0.717) is 29.5 Å². The van der Waals surface area contributed by atoms with Crippen molar-refractivity contribution < 1.29 is 14.3 Å². The number of ketones is 1. The fourth-order valence-corrected chi connectivity index (χ4v) is 8.99. The van der Waals surface area contributed by atoms with Crippen molar-refractivity contribution in [2.45, 2.75) is 149 Å². The van der Waals surface area contributed by atoms with Gasteiger partial charge in [0.2, 0.25) is 0 Å². The molecule has 3 unspecified atom stereocenters. The molecule has 3 nitrogen and oxygen atoms in total. The van der Waals surface area contributed by atoms with Gasteiger partial charge in [-0.15, -0.1) is 0 Å². The Hall–Kier alpha value is -0.860. The van der Waals surface area contributed by atoms with Gasteiger partial charge in [-0.25, -0.2) is 0 Å². The number of hydrogen-bond donors (Lipinski definition) is 0. The summed E-state index contributed by atoms with van der Waals surface area (Å²) in [5.41, 5.74) is 0.534. The molecule has 7 atom stereocenters. The summed E-state index contributed by atoms with van der Waals surface area (Å²) in [5, 5.41) is 0. The van der Waals surface area contributed by atoms with Gasteiger partial charge in [0.1, 0.15) is 11.9 Å². The molecule has 3 heteroatoms. The Morgan fingerprint density at radius 2 is 1.50 bits per heavy atom. The van der Waals surface area contributed by atoms with Gasteiger partial charge in [0.15, 0.2) is 0 Å². The lowest BCUT2D eigenvalue weighted by Crippen LogP contribution is -2.54. The highest BCUT2D eigenvalue weighted by molar-refractivity contribution is 5.79. The first-order chi connectivity index (χ1) is 16.4. The highest BCUT2D eigenvalue weighted by Gasteiger charge is 2.61. The second kappa shape index (κ2) is 11.5. The van der Waals surface area contributed by atoms with Gasteiger partial charge in [0, 0.05) is 24.7 Å². The third-order valence-corrected chi connectivity index (χ3v) is 11.2. The molecule has 0 bridgehead atoms. The zero-order valence-electron chi connectivity index (χ0n) is 22.5. The maximum Gasteiger partial charge on any atom is 0.306 e. The molecule has 0 heterocycles. The zero-order valence-corrected chi connectivity index (χ0v) is 22.5. The Bertz CT molecular complexity index is 701. The maximum absolute atomic E-state index is 12.7. The van der Waals surface area contributed by atoms with E-state index in [1.165, 1.54) is 83.5 Å². The molecule has 0 aromatic heterocycles. The van der Waals surface area contributed by atoms with Gasteiger partial charge in [0.25, 0.3) is 0 Å². The van der Waals surface area contributed by atoms with Crippen LogP contribution in [0, 0.1) is 34.5 Å². The first-order valence-electron chi connectivity index (χ1n) is 15.1. The third-order valence-electron chi connectivity index (χ3n) is 11.2. The summed E-state index contributed by atoms with van der Waals surface area (Å²) >= 11 is 0. The van der Waals surface area contributed by atoms with Crippen molar-refractivity contribution in [2.75, 3.05) is 0 Å². The lowest BCUT2D eigenvalue weighted by Gasteiger charge is -2.60. The van der Waals surface area contributed by atoms with E-state index >= 15 is 0 Å². The molecule has 0 aromatic rings. The van der Waals surface area contributed by atoms with Crippen LogP contribution in [0.3, 0.4) is 0 Å². The number of carbonyl (C=O) groups excluding carboxylic acids is 2. The van der Waals surface area contributed by atoms with Gasteiger partial charge in [-0.3, -0.25) is 9.59 Å². The van der Waals surface area contributed by atoms with Gasteiger partial charge < -0.3 is 4.74 Å². The van der Waals surface area contributed by atoms with Crippen LogP contribution in [0.15, 0.2) is 0 Å². The summed E-state index contributed by atoms with van der Waals surface area (Å²) in [4.78, 5) is 24.8. The number of unbranched alkanes of at least 4 members (excludes halogenated alkanes) is 8. The normalized spacial score (nSPS) is 39.3. The van der Waals surface area contributed by atoms with E-state index in [1.807, 2.05) is 0 Å². The van der Waals surface area contributed by atoms with Crippen molar-refractivity contribution >= 4 is 11.8 Å². The summed E-state index contributed by atoms with van der Waals surface area (Å²) < 4.78 is 6.20. The first-order valence-corrected chi connectivity index (χ1v) is 15.1. The molecule has 4 fully saturated rings. The van der Waals surface area contributed by atoms with E-state index in [2.05, 4.69) is 20.8 Å². The highest BCUT2D eigenvalue weighted by atomic mass is 16.5. The van der Waals surface area contributed by atoms with Crippen LogP contribution in [0.5, 0.6) is 0 Å². The second-order valence-corrected chi connectivity index (χ2v) is 13.1. The van der Waals surface area contributed by atoms with Crippen LogP contribution < -0.4 is 0 Å². The molecule has 0 radical (unpaired) electrons. The molecule has 194 valence electrons. The maximum atomic E-state index is 12.7. The van der Waals surface area contributed by atoms with E-state index in [1.54, 1.807) is 0 Å². The molecular formula is C31H52O3. The van der Waals surface area contributed by atoms with Gasteiger partial charge >= 0.3 is 5.97 Å². The van der Waals surface area contributed by atoms with Crippen LogP contribution in [0.4, 0.5) is 0 Å². The van der Waals surface area contributed by atoms with Crippen molar-refractivity contribution in [1.82, 2.24) is 0 Å². The minimum atomic E-state index is 0.0541. The number of esters is 1. The van der Waals surface area contributed by atoms with Crippen LogP contribution in [0.2, 0.25) is 0 Å². The molecule has 4 aliphatic carbocycles. The summed E-state index contributed by atoms with van der Waals surface area (Å²) in [6, 6.07) is 0. The molecule has 0 N–H and O–H groups in total. The lowest BCUT2D eigenvalue weighted by atomic mass is 9.45. The largest absolute Gasteiger partial charge is 0.462 e. The van der Waals surface area contributed by atoms with Crippen molar-refractivity contribution in [3.05, 3.63) is 0 Å². The van der Waals surface area contributed by atoms with Gasteiger partial charge in [0.05, 0.1) is 0 Å². The Kier molecular flexibility index (Phi) is 8.84. The van der Waals surface area contributed by atoms with Crippen LogP contribution in [0.1, 0.15) is 143 Å². The van der Waals surface area contributed by atoms with E-state index < -0.39 is 0 Å². The Morgan fingerprint density at radius 3 is 2.24 bits per heavy atom. The average molecular weight is 473 g/mol. The molecule has 34 heavy (non-hydrogen) atoms. The molecule has 0 spiro atoms. The van der Waals surface area contributed by atoms with E-state index in [9.17, 15) is 9.59 Å². The van der Waals surface area contributed by atoms with Crippen molar-refractivity contribution in [3.8, 4) is 0 Å². The zero-order chi connectivity index (χ0) is 24.2. The monoisotopic (exact) mass is 472 g/mol. The predicted molar refractivity (Wildman–Crippen MR) is 138 cm³/mol. The summed E-state index contributed by atoms with van der Waals surface area (Å²) in [6.45, 7) is 7.22. The lowest BCUT2D eigenvalue weighted by molar-refractivity contribution is -0.164. The Labute approximate surface area is 209 Å². The molecule has 0 amide bonds. The fourth-order valence-electron chi connectivity index (χ4n) is 8.99. The van der Waals surface area contributed by atoms with Crippen molar-refractivity contribution in [1.29, 1.82) is 0 Å². The molecule has 4 rings (SSSR count). The number of ether oxygens (including phenoxy) is 1. The number of Topliss-reactive ketones (excluding diaryl/α,β-unsaturated/α-hetero) is 1. The molecule has 0 aromatic carbocycles. The van der Waals surface area contributed by atoms with Gasteiger partial charge in [-0.2, -0.15) is 0 Å². The summed E-state index contributed by atoms with van der Waals surface area (Å²) in [6.07, 6.45) is 22.3. The second-order valence-electron chi connectivity index (χ2n) is 13.1. The number of fused-ring (bicyclic) bond motifs is 5. The average Bonchev–Trinajstić information content (AvgIpc) is 3.14. The molecule has 0 aliphatic heterocycles. The minimum Gasteiger partial charge on any atom is -0.462 e. The van der Waals surface area contributed by atoms with E-state index in [4.69, 9.17) is 4.74 Å². The van der Waals surface area contributed by atoms with Gasteiger partial charge in [-0.05, 0) is 80.5 Å². The van der Waals surface area contributed by atoms with Crippen LogP contribution >= 0.6 is 0 Å². The fraction of sp³-hybridized carbons (Fsp3) is 0.935. The standard InChI is InChI=1S/C31H52O3/c1-4-5-6-7-8-9-10-11-12-13-29(33)34-28-17-16-26-25-15-14-23-22-24(32)18-20-30(23,2)27(25)19-21-31(26,28)3/h23,25-28H,4-22H2,1-3H3/t23-,25?,26?,27?,28+,30-,31-/m0/s1. The third kappa shape index (κ3) is 5.44. The highest BCUT2D eigenvalue weighted by Crippen LogP contribution is 2.66. The van der Waals surface area contributed by atoms with E-state index in [0.717, 1.165) is 43.9 Å². The number of hydrogen-bond acceptors (Lipinski definition) is 3. The van der Waals surface area contributed by atoms with Crippen molar-refractivity contribution in [3.63, 3.8) is 0 Å². The van der Waals surface area contributed by atoms with E-state index in [-0.39, 0.29) is 17.5 Å². The molecular weight excluding hydrogens is 420 g/mol. The molecule has 4 aliphatic rings. The number of carbonyl (C=O) groups is 2. The first kappa shape index (κ1) is 26.2. The van der Waals surface area contributed by atoms with Crippen LogP contribution in [-0.2, 0) is 14.3 Å². The predicted octanol–water partition coefficient (Wildman–Crippen LogP) is 8.43. The van der Waals surface area contributed by atoms with Crippen molar-refractivity contribution in [2.24, 2.45) is 34.5 Å². The quantitative estimate of drug-likeness (QED) is 0.224. The molecule has 4 saturated carbocycles. The number of rotatable bonds is 11. The van der Waals surface area contributed by atoms with Crippen LogP contribution in [0.25, 0.3) is 0 Å². The summed E-state index contributed by atoms with van der Waals surface area (Å²) in [7, 11) is 0. The SMILES string of the molecule is CCCCCCCCCCCC(=O)O[C@@H]1CCC2C3CC[C@H]4CC(=O)CC[C@]4(C)C3CC[C@@]21C. The smallest absolute Gasteiger partial charge is 0.306 e. The Morgan fingerprint density at radius 1 is 0.824 bits per heavy atom. The van der Waals surface area contributed by atoms with Gasteiger partial charge in [-0.1, -0.05) is 72.1 Å². The molecule has 0 saturated heterocycles. The Balaban J connectivity index is 1.22.